The highest BCUT2D eigenvalue weighted by Gasteiger charge is 2.48. The Morgan fingerprint density at radius 1 is 1.21 bits per heavy atom. The molecule has 2 atom stereocenters. The molecule has 0 unspecified atom stereocenters. The minimum absolute atomic E-state index is 0.0336. The number of hydrogen-bond acceptors (Lipinski definition) is 5. The molecule has 2 aliphatic rings. The first-order valence-electron chi connectivity index (χ1n) is 9.43. The first-order valence-corrected chi connectivity index (χ1v) is 11.3. The molecule has 0 spiro atoms. The molecule has 0 aromatic heterocycles. The summed E-state index contributed by atoms with van der Waals surface area (Å²) in [6, 6.07) is 10.2. The predicted molar refractivity (Wildman–Crippen MR) is 108 cm³/mol. The Hall–Kier alpha value is -2.09. The van der Waals surface area contributed by atoms with Gasteiger partial charge in [0.1, 0.15) is 17.5 Å². The summed E-state index contributed by atoms with van der Waals surface area (Å²) >= 11 is 6.36. The quantitative estimate of drug-likeness (QED) is 0.799. The number of hydrogen-bond donors (Lipinski definition) is 1. The standard InChI is InChI=1S/C21H22ClNO5S/c1-21(2)20(25)19(23-10-6-9-18(23)24)14-11-17(15(22)12-16(14)28-21)29(26,27)13-7-4-3-5-8-13/h3-5,7-8,11-12,19-20,25H,6,9-10H2,1-2H3/t19-,20+/m1/s1. The van der Waals surface area contributed by atoms with Crippen LogP contribution in [0.4, 0.5) is 0 Å². The lowest BCUT2D eigenvalue weighted by Gasteiger charge is -2.45. The molecule has 2 aliphatic heterocycles. The van der Waals surface area contributed by atoms with E-state index in [0.29, 0.717) is 30.7 Å². The number of amides is 1. The first-order chi connectivity index (χ1) is 13.6. The summed E-state index contributed by atoms with van der Waals surface area (Å²) in [5, 5.41) is 11.0. The van der Waals surface area contributed by atoms with Crippen molar-refractivity contribution in [3.05, 3.63) is 53.1 Å². The van der Waals surface area contributed by atoms with Gasteiger partial charge in [-0.15, -0.1) is 0 Å². The Labute approximate surface area is 175 Å². The Morgan fingerprint density at radius 2 is 1.90 bits per heavy atom. The van der Waals surface area contributed by atoms with E-state index in [-0.39, 0.29) is 20.7 Å². The zero-order valence-electron chi connectivity index (χ0n) is 16.1. The third-order valence-corrected chi connectivity index (χ3v) is 7.79. The van der Waals surface area contributed by atoms with Gasteiger partial charge < -0.3 is 14.7 Å². The largest absolute Gasteiger partial charge is 0.485 e. The van der Waals surface area contributed by atoms with Crippen molar-refractivity contribution in [3.8, 4) is 5.75 Å². The van der Waals surface area contributed by atoms with Crippen LogP contribution in [0.2, 0.25) is 5.02 Å². The molecule has 2 heterocycles. The van der Waals surface area contributed by atoms with Crippen LogP contribution >= 0.6 is 11.6 Å². The van der Waals surface area contributed by atoms with Crippen molar-refractivity contribution in [2.75, 3.05) is 6.54 Å². The number of halogens is 1. The monoisotopic (exact) mass is 435 g/mol. The summed E-state index contributed by atoms with van der Waals surface area (Å²) in [6.45, 7) is 3.97. The zero-order chi connectivity index (χ0) is 21.0. The fourth-order valence-corrected chi connectivity index (χ4v) is 5.82. The van der Waals surface area contributed by atoms with Crippen LogP contribution in [0.25, 0.3) is 0 Å². The number of rotatable bonds is 3. The number of carbonyl (C=O) groups is 1. The van der Waals surface area contributed by atoms with Crippen LogP contribution in [0.1, 0.15) is 38.3 Å². The van der Waals surface area contributed by atoms with Crippen molar-refractivity contribution < 1.29 is 23.1 Å². The van der Waals surface area contributed by atoms with E-state index < -0.39 is 27.6 Å². The number of aliphatic hydroxyl groups excluding tert-OH is 1. The highest BCUT2D eigenvalue weighted by atomic mass is 35.5. The number of benzene rings is 2. The summed E-state index contributed by atoms with van der Waals surface area (Å²) in [6.07, 6.45) is 0.0785. The van der Waals surface area contributed by atoms with E-state index >= 15 is 0 Å². The Morgan fingerprint density at radius 3 is 2.52 bits per heavy atom. The lowest BCUT2D eigenvalue weighted by atomic mass is 9.85. The molecule has 4 rings (SSSR count). The molecule has 0 radical (unpaired) electrons. The van der Waals surface area contributed by atoms with Crippen LogP contribution in [0.15, 0.2) is 52.3 Å². The van der Waals surface area contributed by atoms with E-state index in [1.54, 1.807) is 36.9 Å². The van der Waals surface area contributed by atoms with Gasteiger partial charge in [0.05, 0.1) is 20.9 Å². The van der Waals surface area contributed by atoms with E-state index in [1.165, 1.54) is 24.3 Å². The average Bonchev–Trinajstić information content (AvgIpc) is 3.08. The van der Waals surface area contributed by atoms with Crippen LogP contribution in [-0.2, 0) is 14.6 Å². The molecule has 29 heavy (non-hydrogen) atoms. The van der Waals surface area contributed by atoms with Crippen molar-refractivity contribution in [3.63, 3.8) is 0 Å². The molecule has 2 aromatic carbocycles. The maximum Gasteiger partial charge on any atom is 0.223 e. The summed E-state index contributed by atoms with van der Waals surface area (Å²) < 4.78 is 32.3. The Bertz CT molecular complexity index is 1070. The van der Waals surface area contributed by atoms with Crippen LogP contribution in [0, 0.1) is 0 Å². The second-order valence-corrected chi connectivity index (χ2v) is 10.2. The van der Waals surface area contributed by atoms with Gasteiger partial charge in [0.25, 0.3) is 0 Å². The zero-order valence-corrected chi connectivity index (χ0v) is 17.7. The molecular formula is C21H22ClNO5S. The van der Waals surface area contributed by atoms with Gasteiger partial charge in [-0.05, 0) is 38.5 Å². The highest BCUT2D eigenvalue weighted by molar-refractivity contribution is 7.91. The number of aliphatic hydroxyl groups is 1. The second kappa shape index (κ2) is 7.00. The highest BCUT2D eigenvalue weighted by Crippen LogP contribution is 2.47. The van der Waals surface area contributed by atoms with Crippen molar-refractivity contribution >= 4 is 27.3 Å². The molecule has 0 bridgehead atoms. The second-order valence-electron chi connectivity index (χ2n) is 7.92. The molecule has 6 nitrogen and oxygen atoms in total. The number of ether oxygens (including phenoxy) is 1. The third kappa shape index (κ3) is 3.31. The van der Waals surface area contributed by atoms with Gasteiger partial charge in [0, 0.05) is 24.6 Å². The molecular weight excluding hydrogens is 414 g/mol. The molecule has 0 saturated carbocycles. The SMILES string of the molecule is CC1(C)Oc2cc(Cl)c(S(=O)(=O)c3ccccc3)cc2[C@@H](N2CCCC2=O)[C@@H]1O. The molecule has 1 fully saturated rings. The van der Waals surface area contributed by atoms with Gasteiger partial charge >= 0.3 is 0 Å². The van der Waals surface area contributed by atoms with E-state index in [0.717, 1.165) is 0 Å². The van der Waals surface area contributed by atoms with Crippen molar-refractivity contribution in [2.45, 2.75) is 54.2 Å². The topological polar surface area (TPSA) is 83.9 Å². The van der Waals surface area contributed by atoms with Gasteiger partial charge in [-0.2, -0.15) is 0 Å². The van der Waals surface area contributed by atoms with E-state index in [9.17, 15) is 18.3 Å². The molecule has 0 aliphatic carbocycles. The van der Waals surface area contributed by atoms with Gasteiger partial charge in [0.15, 0.2) is 0 Å². The minimum Gasteiger partial charge on any atom is -0.485 e. The molecule has 1 amide bonds. The number of nitrogens with zero attached hydrogens (tertiary/aromatic N) is 1. The number of sulfone groups is 1. The van der Waals surface area contributed by atoms with E-state index in [2.05, 4.69) is 0 Å². The number of fused-ring (bicyclic) bond motifs is 1. The van der Waals surface area contributed by atoms with Gasteiger partial charge in [0.2, 0.25) is 15.7 Å². The number of likely N-dealkylation sites (tertiary alicyclic amines) is 1. The summed E-state index contributed by atoms with van der Waals surface area (Å²) in [5.74, 6) is 0.308. The third-order valence-electron chi connectivity index (χ3n) is 5.56. The average molecular weight is 436 g/mol. The van der Waals surface area contributed by atoms with Crippen molar-refractivity contribution in [1.29, 1.82) is 0 Å². The Balaban J connectivity index is 1.90. The van der Waals surface area contributed by atoms with Crippen LogP contribution in [0.3, 0.4) is 0 Å². The summed E-state index contributed by atoms with van der Waals surface area (Å²) in [4.78, 5) is 14.1. The molecule has 1 N–H and O–H groups in total. The van der Waals surface area contributed by atoms with Gasteiger partial charge in [-0.3, -0.25) is 4.79 Å². The van der Waals surface area contributed by atoms with E-state index in [4.69, 9.17) is 16.3 Å². The van der Waals surface area contributed by atoms with Gasteiger partial charge in [-0.25, -0.2) is 8.42 Å². The van der Waals surface area contributed by atoms with Crippen LogP contribution in [-0.4, -0.2) is 42.6 Å². The molecule has 8 heteroatoms. The predicted octanol–water partition coefficient (Wildman–Crippen LogP) is 3.37. The van der Waals surface area contributed by atoms with Crippen LogP contribution in [0.5, 0.6) is 5.75 Å². The molecule has 2 aromatic rings. The normalized spacial score (nSPS) is 23.6. The first kappa shape index (κ1) is 20.2. The lowest BCUT2D eigenvalue weighted by Crippen LogP contribution is -2.53. The van der Waals surface area contributed by atoms with Crippen LogP contribution < -0.4 is 4.74 Å². The lowest BCUT2D eigenvalue weighted by molar-refractivity contribution is -0.139. The van der Waals surface area contributed by atoms with Crippen molar-refractivity contribution in [2.24, 2.45) is 0 Å². The molecule has 1 saturated heterocycles. The summed E-state index contributed by atoms with van der Waals surface area (Å²) in [5.41, 5.74) is -0.519. The maximum absolute atomic E-state index is 13.2. The smallest absolute Gasteiger partial charge is 0.223 e. The number of carbonyl (C=O) groups excluding carboxylic acids is 1. The minimum atomic E-state index is -3.88. The Kier molecular flexibility index (Phi) is 4.88. The van der Waals surface area contributed by atoms with E-state index in [1.807, 2.05) is 0 Å². The van der Waals surface area contributed by atoms with Crippen molar-refractivity contribution in [1.82, 2.24) is 4.90 Å². The van der Waals surface area contributed by atoms with Gasteiger partial charge in [-0.1, -0.05) is 29.8 Å². The fourth-order valence-electron chi connectivity index (χ4n) is 4.00. The summed E-state index contributed by atoms with van der Waals surface area (Å²) in [7, 11) is -3.88. The maximum atomic E-state index is 13.2. The fraction of sp³-hybridized carbons (Fsp3) is 0.381. The molecule has 154 valence electrons.